The molecule has 1 fully saturated rings. The Morgan fingerprint density at radius 3 is 2.86 bits per heavy atom. The van der Waals surface area contributed by atoms with Crippen LogP contribution in [0.5, 0.6) is 5.75 Å². The van der Waals surface area contributed by atoms with Gasteiger partial charge in [0, 0.05) is 32.0 Å². The monoisotopic (exact) mass is 392 g/mol. The van der Waals surface area contributed by atoms with Crippen LogP contribution in [-0.4, -0.2) is 43.9 Å². The van der Waals surface area contributed by atoms with Crippen molar-refractivity contribution >= 4 is 34.2 Å². The zero-order valence-electron chi connectivity index (χ0n) is 12.5. The second-order valence-corrected chi connectivity index (χ2v) is 6.11. The largest absolute Gasteiger partial charge is 0.496 e. The number of hydrogen-bond donors (Lipinski definition) is 3. The molecule has 1 heterocycles. The summed E-state index contributed by atoms with van der Waals surface area (Å²) in [6.07, 6.45) is 0.761. The lowest BCUT2D eigenvalue weighted by Crippen LogP contribution is -2.34. The maximum atomic E-state index is 11.8. The second kappa shape index (κ2) is 9.35. The molecule has 0 spiro atoms. The first-order chi connectivity index (χ1) is 10.1. The number of carbonyl (C=O) groups is 1. The molecule has 1 saturated heterocycles. The van der Waals surface area contributed by atoms with Gasteiger partial charge in [0.05, 0.1) is 17.7 Å². The molecule has 1 aliphatic heterocycles. The highest BCUT2D eigenvalue weighted by Crippen LogP contribution is 2.25. The Hall–Kier alpha value is -0.820. The maximum Gasteiger partial charge on any atom is 0.220 e. The van der Waals surface area contributed by atoms with Gasteiger partial charge in [-0.05, 0) is 40.0 Å². The Morgan fingerprint density at radius 2 is 2.27 bits per heavy atom. The highest BCUT2D eigenvalue weighted by molar-refractivity contribution is 9.10. The number of aliphatic hydroxyl groups excluding tert-OH is 1. The molecule has 0 saturated carbocycles. The van der Waals surface area contributed by atoms with E-state index < -0.39 is 0 Å². The van der Waals surface area contributed by atoms with Crippen molar-refractivity contribution < 1.29 is 14.6 Å². The van der Waals surface area contributed by atoms with Gasteiger partial charge in [-0.1, -0.05) is 6.07 Å². The number of aryl methyl sites for hydroxylation is 1. The van der Waals surface area contributed by atoms with E-state index in [2.05, 4.69) is 26.6 Å². The number of benzene rings is 1. The number of methoxy groups -OCH3 is 1. The van der Waals surface area contributed by atoms with E-state index in [0.29, 0.717) is 25.9 Å². The topological polar surface area (TPSA) is 70.6 Å². The highest BCUT2D eigenvalue weighted by Gasteiger charge is 2.24. The Labute approximate surface area is 145 Å². The molecule has 1 aromatic rings. The molecule has 2 unspecified atom stereocenters. The molecule has 2 atom stereocenters. The molecule has 0 radical (unpaired) electrons. The number of halogens is 2. The number of carbonyl (C=O) groups excluding carboxylic acids is 1. The van der Waals surface area contributed by atoms with Crippen molar-refractivity contribution in [3.05, 3.63) is 28.2 Å². The summed E-state index contributed by atoms with van der Waals surface area (Å²) in [4.78, 5) is 11.8. The van der Waals surface area contributed by atoms with Crippen molar-refractivity contribution in [3.8, 4) is 5.75 Å². The van der Waals surface area contributed by atoms with Crippen LogP contribution in [0.15, 0.2) is 22.7 Å². The second-order valence-electron chi connectivity index (χ2n) is 5.26. The summed E-state index contributed by atoms with van der Waals surface area (Å²) < 4.78 is 6.07. The van der Waals surface area contributed by atoms with Crippen molar-refractivity contribution in [1.29, 1.82) is 0 Å². The SMILES string of the molecule is COc1ccc(CCC(=O)NCC2CNCC2O)cc1Br.Cl. The number of β-amino-alcohol motifs (C(OH)–C–C–N with tert-alkyl or cyclic N) is 1. The van der Waals surface area contributed by atoms with E-state index in [-0.39, 0.29) is 30.3 Å². The van der Waals surface area contributed by atoms with Crippen molar-refractivity contribution in [1.82, 2.24) is 10.6 Å². The maximum absolute atomic E-state index is 11.8. The fourth-order valence-corrected chi connectivity index (χ4v) is 2.97. The molecule has 7 heteroatoms. The van der Waals surface area contributed by atoms with Gasteiger partial charge < -0.3 is 20.5 Å². The molecule has 3 N–H and O–H groups in total. The number of rotatable bonds is 6. The van der Waals surface area contributed by atoms with Gasteiger partial charge in [-0.25, -0.2) is 0 Å². The van der Waals surface area contributed by atoms with E-state index in [1.54, 1.807) is 7.11 Å². The minimum atomic E-state index is -0.358. The summed E-state index contributed by atoms with van der Waals surface area (Å²) in [5.41, 5.74) is 1.08. The third-order valence-electron chi connectivity index (χ3n) is 3.72. The molecular weight excluding hydrogens is 372 g/mol. The van der Waals surface area contributed by atoms with E-state index in [1.165, 1.54) is 0 Å². The number of hydrogen-bond acceptors (Lipinski definition) is 4. The lowest BCUT2D eigenvalue weighted by atomic mass is 10.1. The molecule has 124 valence electrons. The third kappa shape index (κ3) is 5.43. The fourth-order valence-electron chi connectivity index (χ4n) is 2.38. The van der Waals surface area contributed by atoms with Gasteiger partial charge in [-0.2, -0.15) is 0 Å². The molecule has 1 aromatic carbocycles. The summed E-state index contributed by atoms with van der Waals surface area (Å²) in [5, 5.41) is 15.6. The van der Waals surface area contributed by atoms with Crippen LogP contribution in [0, 0.1) is 5.92 Å². The molecule has 1 amide bonds. The zero-order valence-corrected chi connectivity index (χ0v) is 14.9. The predicted octanol–water partition coefficient (Wildman–Crippen LogP) is 1.51. The van der Waals surface area contributed by atoms with E-state index >= 15 is 0 Å². The average molecular weight is 394 g/mol. The van der Waals surface area contributed by atoms with Crippen molar-refractivity contribution in [3.63, 3.8) is 0 Å². The van der Waals surface area contributed by atoms with E-state index in [4.69, 9.17) is 4.74 Å². The Balaban J connectivity index is 0.00000242. The zero-order chi connectivity index (χ0) is 15.2. The van der Waals surface area contributed by atoms with Crippen LogP contribution < -0.4 is 15.4 Å². The molecule has 5 nitrogen and oxygen atoms in total. The molecule has 22 heavy (non-hydrogen) atoms. The number of aliphatic hydroxyl groups is 1. The van der Waals surface area contributed by atoms with Crippen LogP contribution in [-0.2, 0) is 11.2 Å². The average Bonchev–Trinajstić information content (AvgIpc) is 2.88. The van der Waals surface area contributed by atoms with Crippen molar-refractivity contribution in [2.45, 2.75) is 18.9 Å². The van der Waals surface area contributed by atoms with Gasteiger partial charge in [0.2, 0.25) is 5.91 Å². The Bertz CT molecular complexity index is 502. The Morgan fingerprint density at radius 1 is 1.50 bits per heavy atom. The fraction of sp³-hybridized carbons (Fsp3) is 0.533. The quantitative estimate of drug-likeness (QED) is 0.685. The smallest absolute Gasteiger partial charge is 0.220 e. The van der Waals surface area contributed by atoms with Gasteiger partial charge >= 0.3 is 0 Å². The predicted molar refractivity (Wildman–Crippen MR) is 91.6 cm³/mol. The van der Waals surface area contributed by atoms with Crippen LogP contribution in [0.2, 0.25) is 0 Å². The standard InChI is InChI=1S/C15H21BrN2O3.ClH/c1-21-14-4-2-10(6-12(14)16)3-5-15(20)18-8-11-7-17-9-13(11)19;/h2,4,6,11,13,17,19H,3,5,7-9H2,1H3,(H,18,20);1H. The molecule has 0 aliphatic carbocycles. The number of ether oxygens (including phenoxy) is 1. The van der Waals surface area contributed by atoms with Crippen LogP contribution in [0.1, 0.15) is 12.0 Å². The first kappa shape index (κ1) is 19.2. The summed E-state index contributed by atoms with van der Waals surface area (Å²) >= 11 is 3.44. The number of nitrogens with one attached hydrogen (secondary N) is 2. The Kier molecular flexibility index (Phi) is 8.17. The van der Waals surface area contributed by atoms with Gasteiger partial charge in [-0.3, -0.25) is 4.79 Å². The van der Waals surface area contributed by atoms with Crippen molar-refractivity contribution in [2.75, 3.05) is 26.7 Å². The van der Waals surface area contributed by atoms with E-state index in [9.17, 15) is 9.90 Å². The molecule has 0 aromatic heterocycles. The molecule has 1 aliphatic rings. The lowest BCUT2D eigenvalue weighted by molar-refractivity contribution is -0.121. The summed E-state index contributed by atoms with van der Waals surface area (Å²) in [5.74, 6) is 0.913. The van der Waals surface area contributed by atoms with Gasteiger partial charge in [0.25, 0.3) is 0 Å². The summed E-state index contributed by atoms with van der Waals surface area (Å²) in [7, 11) is 1.62. The van der Waals surface area contributed by atoms with Crippen molar-refractivity contribution in [2.24, 2.45) is 5.92 Å². The van der Waals surface area contributed by atoms with Gasteiger partial charge in [0.15, 0.2) is 0 Å². The first-order valence-corrected chi connectivity index (χ1v) is 7.87. The van der Waals surface area contributed by atoms with Gasteiger partial charge in [0.1, 0.15) is 5.75 Å². The van der Waals surface area contributed by atoms with Crippen LogP contribution in [0.4, 0.5) is 0 Å². The molecular formula is C15H22BrClN2O3. The van der Waals surface area contributed by atoms with Crippen LogP contribution in [0.3, 0.4) is 0 Å². The minimum absolute atomic E-state index is 0. The summed E-state index contributed by atoms with van der Waals surface area (Å²) in [6, 6.07) is 5.82. The first-order valence-electron chi connectivity index (χ1n) is 7.08. The molecule has 2 rings (SSSR count). The summed E-state index contributed by atoms with van der Waals surface area (Å²) in [6.45, 7) is 1.90. The number of amides is 1. The van der Waals surface area contributed by atoms with Crippen LogP contribution in [0.25, 0.3) is 0 Å². The van der Waals surface area contributed by atoms with E-state index in [1.807, 2.05) is 18.2 Å². The molecule has 0 bridgehead atoms. The normalized spacial score (nSPS) is 20.3. The lowest BCUT2D eigenvalue weighted by Gasteiger charge is -2.14. The van der Waals surface area contributed by atoms with Crippen LogP contribution >= 0.6 is 28.3 Å². The third-order valence-corrected chi connectivity index (χ3v) is 4.34. The van der Waals surface area contributed by atoms with E-state index in [0.717, 1.165) is 22.3 Å². The minimum Gasteiger partial charge on any atom is -0.496 e. The van der Waals surface area contributed by atoms with Gasteiger partial charge in [-0.15, -0.1) is 12.4 Å². The highest BCUT2D eigenvalue weighted by atomic mass is 79.9.